The zero-order valence-electron chi connectivity index (χ0n) is 14.7. The Labute approximate surface area is 154 Å². The molecular formula is C19H18F3N3O2. The molecule has 1 aromatic carbocycles. The Morgan fingerprint density at radius 2 is 1.67 bits per heavy atom. The molecule has 1 saturated heterocycles. The Balaban J connectivity index is 1.76. The van der Waals surface area contributed by atoms with E-state index in [4.69, 9.17) is 0 Å². The van der Waals surface area contributed by atoms with Gasteiger partial charge >= 0.3 is 0 Å². The van der Waals surface area contributed by atoms with E-state index in [0.29, 0.717) is 25.2 Å². The molecule has 0 N–H and O–H groups in total. The van der Waals surface area contributed by atoms with Crippen LogP contribution in [0.1, 0.15) is 26.5 Å². The number of hydrogen-bond acceptors (Lipinski definition) is 4. The summed E-state index contributed by atoms with van der Waals surface area (Å²) in [7, 11) is 1.97. The number of aromatic nitrogens is 1. The van der Waals surface area contributed by atoms with Gasteiger partial charge in [0.15, 0.2) is 5.78 Å². The number of carbonyl (C=O) groups excluding carboxylic acids is 2. The number of carbonyl (C=O) groups is 2. The fraction of sp³-hybridized carbons (Fsp3) is 0.316. The van der Waals surface area contributed by atoms with Gasteiger partial charge in [0, 0.05) is 44.0 Å². The minimum absolute atomic E-state index is 0.171. The second-order valence-corrected chi connectivity index (χ2v) is 6.45. The average Bonchev–Trinajstić information content (AvgIpc) is 2.61. The smallest absolute Gasteiger partial charge is 0.272 e. The van der Waals surface area contributed by atoms with Gasteiger partial charge in [-0.3, -0.25) is 9.59 Å². The van der Waals surface area contributed by atoms with Gasteiger partial charge in [-0.05, 0) is 19.2 Å². The number of piperazine rings is 1. The van der Waals surface area contributed by atoms with E-state index in [0.717, 1.165) is 13.1 Å². The van der Waals surface area contributed by atoms with Crippen molar-refractivity contribution in [3.8, 4) is 0 Å². The lowest BCUT2D eigenvalue weighted by Gasteiger charge is -2.32. The third-order valence-corrected chi connectivity index (χ3v) is 4.44. The van der Waals surface area contributed by atoms with Crippen molar-refractivity contribution in [2.75, 3.05) is 33.2 Å². The third-order valence-electron chi connectivity index (χ3n) is 4.44. The van der Waals surface area contributed by atoms with Crippen LogP contribution in [0, 0.1) is 17.5 Å². The van der Waals surface area contributed by atoms with Crippen LogP contribution in [0.3, 0.4) is 0 Å². The standard InChI is InChI=1S/C19H18F3N3O2/c1-24-5-7-25(8-6-24)19(27)16-4-2-3-13(23-16)11-17(26)18-14(21)9-12(20)10-15(18)22/h2-4,9-10H,5-8,11H2,1H3. The van der Waals surface area contributed by atoms with Crippen molar-refractivity contribution in [2.45, 2.75) is 6.42 Å². The molecule has 27 heavy (non-hydrogen) atoms. The molecule has 1 aliphatic heterocycles. The Morgan fingerprint density at radius 1 is 1.04 bits per heavy atom. The Kier molecular flexibility index (Phi) is 5.55. The molecular weight excluding hydrogens is 359 g/mol. The zero-order valence-corrected chi connectivity index (χ0v) is 14.7. The summed E-state index contributed by atoms with van der Waals surface area (Å²) in [5.41, 5.74) is -0.429. The first kappa shape index (κ1) is 19.0. The largest absolute Gasteiger partial charge is 0.335 e. The normalized spacial score (nSPS) is 15.0. The van der Waals surface area contributed by atoms with Crippen LogP contribution in [0.4, 0.5) is 13.2 Å². The van der Waals surface area contributed by atoms with E-state index in [1.807, 2.05) is 7.05 Å². The first-order valence-electron chi connectivity index (χ1n) is 8.46. The number of pyridine rings is 1. The van der Waals surface area contributed by atoms with Gasteiger partial charge in [-0.2, -0.15) is 0 Å². The van der Waals surface area contributed by atoms with E-state index < -0.39 is 35.2 Å². The number of benzene rings is 1. The summed E-state index contributed by atoms with van der Waals surface area (Å²) in [6, 6.07) is 5.51. The monoisotopic (exact) mass is 377 g/mol. The van der Waals surface area contributed by atoms with E-state index in [-0.39, 0.29) is 17.3 Å². The molecule has 1 amide bonds. The fourth-order valence-electron chi connectivity index (χ4n) is 2.93. The number of halogens is 3. The molecule has 5 nitrogen and oxygen atoms in total. The van der Waals surface area contributed by atoms with Crippen molar-refractivity contribution in [1.29, 1.82) is 0 Å². The second kappa shape index (κ2) is 7.87. The van der Waals surface area contributed by atoms with Crippen LogP contribution < -0.4 is 0 Å². The maximum atomic E-state index is 13.8. The summed E-state index contributed by atoms with van der Waals surface area (Å²) < 4.78 is 40.5. The summed E-state index contributed by atoms with van der Waals surface area (Å²) in [5.74, 6) is -4.75. The van der Waals surface area contributed by atoms with Gasteiger partial charge < -0.3 is 9.80 Å². The lowest BCUT2D eigenvalue weighted by molar-refractivity contribution is 0.0657. The van der Waals surface area contributed by atoms with Crippen LogP contribution in [0.5, 0.6) is 0 Å². The molecule has 0 atom stereocenters. The number of amides is 1. The molecule has 0 bridgehead atoms. The molecule has 3 rings (SSSR count). The van der Waals surface area contributed by atoms with Crippen molar-refractivity contribution in [3.63, 3.8) is 0 Å². The predicted molar refractivity (Wildman–Crippen MR) is 92.0 cm³/mol. The molecule has 1 aliphatic rings. The molecule has 8 heteroatoms. The topological polar surface area (TPSA) is 53.5 Å². The second-order valence-electron chi connectivity index (χ2n) is 6.45. The van der Waals surface area contributed by atoms with Crippen LogP contribution in [0.15, 0.2) is 30.3 Å². The molecule has 0 saturated carbocycles. The van der Waals surface area contributed by atoms with Crippen molar-refractivity contribution in [1.82, 2.24) is 14.8 Å². The Hall–Kier alpha value is -2.74. The van der Waals surface area contributed by atoms with Gasteiger partial charge in [0.1, 0.15) is 23.1 Å². The minimum Gasteiger partial charge on any atom is -0.335 e. The van der Waals surface area contributed by atoms with Crippen LogP contribution >= 0.6 is 0 Å². The highest BCUT2D eigenvalue weighted by molar-refractivity contribution is 5.98. The molecule has 0 spiro atoms. The van der Waals surface area contributed by atoms with Crippen molar-refractivity contribution in [2.24, 2.45) is 0 Å². The van der Waals surface area contributed by atoms with Gasteiger partial charge in [0.2, 0.25) is 0 Å². The third kappa shape index (κ3) is 4.33. The molecule has 0 unspecified atom stereocenters. The Morgan fingerprint density at radius 3 is 2.30 bits per heavy atom. The molecule has 2 heterocycles. The fourth-order valence-corrected chi connectivity index (χ4v) is 2.93. The number of likely N-dealkylation sites (N-methyl/N-ethyl adjacent to an activating group) is 1. The van der Waals surface area contributed by atoms with E-state index in [1.54, 1.807) is 11.0 Å². The zero-order chi connectivity index (χ0) is 19.6. The molecule has 1 aromatic heterocycles. The summed E-state index contributed by atoms with van der Waals surface area (Å²) >= 11 is 0. The van der Waals surface area contributed by atoms with Gasteiger partial charge in [-0.1, -0.05) is 6.07 Å². The molecule has 0 aliphatic carbocycles. The highest BCUT2D eigenvalue weighted by Gasteiger charge is 2.23. The van der Waals surface area contributed by atoms with Crippen LogP contribution in [-0.2, 0) is 6.42 Å². The van der Waals surface area contributed by atoms with E-state index in [1.165, 1.54) is 12.1 Å². The van der Waals surface area contributed by atoms with Gasteiger partial charge in [-0.15, -0.1) is 0 Å². The van der Waals surface area contributed by atoms with Crippen molar-refractivity contribution in [3.05, 3.63) is 64.7 Å². The van der Waals surface area contributed by atoms with Crippen LogP contribution in [0.2, 0.25) is 0 Å². The number of rotatable bonds is 4. The quantitative estimate of drug-likeness (QED) is 0.768. The van der Waals surface area contributed by atoms with E-state index >= 15 is 0 Å². The minimum atomic E-state index is -1.26. The first-order chi connectivity index (χ1) is 12.8. The maximum absolute atomic E-state index is 13.8. The van der Waals surface area contributed by atoms with Crippen molar-refractivity contribution < 1.29 is 22.8 Å². The summed E-state index contributed by atoms with van der Waals surface area (Å²) in [5, 5.41) is 0. The maximum Gasteiger partial charge on any atom is 0.272 e. The molecule has 1 fully saturated rings. The van der Waals surface area contributed by atoms with E-state index in [9.17, 15) is 22.8 Å². The van der Waals surface area contributed by atoms with Crippen LogP contribution in [-0.4, -0.2) is 59.7 Å². The molecule has 0 radical (unpaired) electrons. The predicted octanol–water partition coefficient (Wildman–Crippen LogP) is 2.31. The van der Waals surface area contributed by atoms with E-state index in [2.05, 4.69) is 9.88 Å². The highest BCUT2D eigenvalue weighted by atomic mass is 19.1. The molecule has 142 valence electrons. The first-order valence-corrected chi connectivity index (χ1v) is 8.46. The lowest BCUT2D eigenvalue weighted by atomic mass is 10.0. The number of hydrogen-bond donors (Lipinski definition) is 0. The summed E-state index contributed by atoms with van der Waals surface area (Å²) in [6.45, 7) is 2.67. The average molecular weight is 377 g/mol. The summed E-state index contributed by atoms with van der Waals surface area (Å²) in [6.07, 6.45) is -0.399. The number of nitrogens with zero attached hydrogens (tertiary/aromatic N) is 3. The number of Topliss-reactive ketones (excluding diaryl/α,β-unsaturated/α-hetero) is 1. The van der Waals surface area contributed by atoms with Gasteiger partial charge in [0.05, 0.1) is 12.0 Å². The summed E-state index contributed by atoms with van der Waals surface area (Å²) in [4.78, 5) is 32.7. The van der Waals surface area contributed by atoms with Crippen molar-refractivity contribution >= 4 is 11.7 Å². The molecule has 2 aromatic rings. The van der Waals surface area contributed by atoms with Crippen LogP contribution in [0.25, 0.3) is 0 Å². The highest BCUT2D eigenvalue weighted by Crippen LogP contribution is 2.17. The van der Waals surface area contributed by atoms with Gasteiger partial charge in [-0.25, -0.2) is 18.2 Å². The SMILES string of the molecule is CN1CCN(C(=O)c2cccc(CC(=O)c3c(F)cc(F)cc3F)n2)CC1. The Bertz CT molecular complexity index is 857. The number of ketones is 1. The van der Waals surface area contributed by atoms with Gasteiger partial charge in [0.25, 0.3) is 5.91 Å². The lowest BCUT2D eigenvalue weighted by Crippen LogP contribution is -2.47.